The first-order chi connectivity index (χ1) is 8.22. The maximum atomic E-state index is 5.69. The Morgan fingerprint density at radius 2 is 2.06 bits per heavy atom. The lowest BCUT2D eigenvalue weighted by molar-refractivity contribution is 0.0875. The van der Waals surface area contributed by atoms with Crippen LogP contribution in [0.2, 0.25) is 0 Å². The fourth-order valence-corrected chi connectivity index (χ4v) is 2.30. The molecule has 94 valence electrons. The highest BCUT2D eigenvalue weighted by atomic mass is 15.3. The maximum absolute atomic E-state index is 5.69. The second kappa shape index (κ2) is 5.50. The van der Waals surface area contributed by atoms with Crippen molar-refractivity contribution in [2.75, 3.05) is 33.7 Å². The molecule has 1 fully saturated rings. The van der Waals surface area contributed by atoms with Gasteiger partial charge in [-0.2, -0.15) is 0 Å². The van der Waals surface area contributed by atoms with Gasteiger partial charge in [0, 0.05) is 43.6 Å². The van der Waals surface area contributed by atoms with Crippen molar-refractivity contribution in [3.05, 3.63) is 24.3 Å². The highest BCUT2D eigenvalue weighted by Gasteiger charge is 2.30. The molecule has 0 bridgehead atoms. The lowest BCUT2D eigenvalue weighted by Crippen LogP contribution is -2.56. The molecule has 17 heavy (non-hydrogen) atoms. The molecule has 1 aromatic heterocycles. The van der Waals surface area contributed by atoms with Crippen LogP contribution in [0.3, 0.4) is 0 Å². The molecule has 2 heterocycles. The Labute approximate surface area is 102 Å². The molecule has 6 nitrogen and oxygen atoms in total. The van der Waals surface area contributed by atoms with Gasteiger partial charge in [0.15, 0.2) is 0 Å². The van der Waals surface area contributed by atoms with E-state index >= 15 is 0 Å². The quantitative estimate of drug-likeness (QED) is 0.530. The first kappa shape index (κ1) is 12.4. The highest BCUT2D eigenvalue weighted by molar-refractivity contribution is 5.13. The van der Waals surface area contributed by atoms with Gasteiger partial charge in [-0.3, -0.25) is 16.2 Å². The van der Waals surface area contributed by atoms with Gasteiger partial charge < -0.3 is 4.90 Å². The average molecular weight is 236 g/mol. The van der Waals surface area contributed by atoms with Gasteiger partial charge in [-0.15, -0.1) is 0 Å². The Morgan fingerprint density at radius 3 is 2.71 bits per heavy atom. The molecule has 3 N–H and O–H groups in total. The fraction of sp³-hybridized carbons (Fsp3) is 0.636. The minimum Gasteiger partial charge on any atom is -0.303 e. The molecule has 0 aromatic carbocycles. The Balaban J connectivity index is 2.17. The van der Waals surface area contributed by atoms with E-state index in [-0.39, 0.29) is 6.04 Å². The van der Waals surface area contributed by atoms with Crippen molar-refractivity contribution in [2.24, 2.45) is 5.84 Å². The third-order valence-electron chi connectivity index (χ3n) is 3.40. The zero-order valence-corrected chi connectivity index (χ0v) is 10.4. The molecule has 2 rings (SSSR count). The van der Waals surface area contributed by atoms with E-state index in [4.69, 9.17) is 5.84 Å². The highest BCUT2D eigenvalue weighted by Crippen LogP contribution is 2.21. The van der Waals surface area contributed by atoms with Crippen molar-refractivity contribution in [3.63, 3.8) is 0 Å². The SMILES string of the molecule is CN1CCN(C)C(C(NN)c2cncnc2)C1. The average Bonchev–Trinajstić information content (AvgIpc) is 2.36. The molecule has 0 aliphatic carbocycles. The Morgan fingerprint density at radius 1 is 1.35 bits per heavy atom. The van der Waals surface area contributed by atoms with Gasteiger partial charge in [-0.05, 0) is 14.1 Å². The summed E-state index contributed by atoms with van der Waals surface area (Å²) in [6, 6.07) is 0.397. The van der Waals surface area contributed by atoms with Crippen LogP contribution in [-0.4, -0.2) is 59.5 Å². The van der Waals surface area contributed by atoms with Crippen LogP contribution in [0.15, 0.2) is 18.7 Å². The van der Waals surface area contributed by atoms with Crippen molar-refractivity contribution < 1.29 is 0 Å². The summed E-state index contributed by atoms with van der Waals surface area (Å²) >= 11 is 0. The van der Waals surface area contributed by atoms with Crippen LogP contribution in [0.1, 0.15) is 11.6 Å². The van der Waals surface area contributed by atoms with Crippen LogP contribution >= 0.6 is 0 Å². The van der Waals surface area contributed by atoms with E-state index < -0.39 is 0 Å². The molecule has 2 atom stereocenters. The van der Waals surface area contributed by atoms with E-state index in [1.165, 1.54) is 6.33 Å². The van der Waals surface area contributed by atoms with Gasteiger partial charge >= 0.3 is 0 Å². The third-order valence-corrected chi connectivity index (χ3v) is 3.40. The molecule has 0 radical (unpaired) electrons. The van der Waals surface area contributed by atoms with Gasteiger partial charge in [-0.1, -0.05) is 0 Å². The summed E-state index contributed by atoms with van der Waals surface area (Å²) in [5, 5.41) is 0. The Hall–Kier alpha value is -1.08. The Kier molecular flexibility index (Phi) is 4.01. The van der Waals surface area contributed by atoms with Crippen molar-refractivity contribution in [1.82, 2.24) is 25.2 Å². The summed E-state index contributed by atoms with van der Waals surface area (Å²) in [6.45, 7) is 3.13. The van der Waals surface area contributed by atoms with E-state index in [1.54, 1.807) is 0 Å². The Bertz CT molecular complexity index is 343. The largest absolute Gasteiger partial charge is 0.303 e. The van der Waals surface area contributed by atoms with E-state index in [0.29, 0.717) is 6.04 Å². The zero-order valence-electron chi connectivity index (χ0n) is 10.4. The minimum atomic E-state index is 0.0592. The number of hydrogen-bond donors (Lipinski definition) is 2. The van der Waals surface area contributed by atoms with Crippen molar-refractivity contribution >= 4 is 0 Å². The number of rotatable bonds is 3. The second-order valence-electron chi connectivity index (χ2n) is 4.63. The third kappa shape index (κ3) is 2.78. The van der Waals surface area contributed by atoms with E-state index in [0.717, 1.165) is 25.2 Å². The van der Waals surface area contributed by atoms with Crippen LogP contribution in [0.25, 0.3) is 0 Å². The predicted octanol–water partition coefficient (Wildman–Crippen LogP) is -0.773. The summed E-state index contributed by atoms with van der Waals surface area (Å²) in [5.41, 5.74) is 3.92. The van der Waals surface area contributed by atoms with Crippen LogP contribution in [0, 0.1) is 0 Å². The number of nitrogens with zero attached hydrogens (tertiary/aromatic N) is 4. The maximum Gasteiger partial charge on any atom is 0.115 e. The molecular weight excluding hydrogens is 216 g/mol. The number of nitrogens with one attached hydrogen (secondary N) is 1. The van der Waals surface area contributed by atoms with Crippen molar-refractivity contribution in [2.45, 2.75) is 12.1 Å². The summed E-state index contributed by atoms with van der Waals surface area (Å²) in [4.78, 5) is 12.8. The predicted molar refractivity (Wildman–Crippen MR) is 66.0 cm³/mol. The number of nitrogens with two attached hydrogens (primary N) is 1. The first-order valence-electron chi connectivity index (χ1n) is 5.82. The van der Waals surface area contributed by atoms with E-state index in [2.05, 4.69) is 39.3 Å². The van der Waals surface area contributed by atoms with Crippen LogP contribution in [-0.2, 0) is 0 Å². The number of hydrazine groups is 1. The monoisotopic (exact) mass is 236 g/mol. The van der Waals surface area contributed by atoms with E-state index in [1.807, 2.05) is 12.4 Å². The molecule has 2 unspecified atom stereocenters. The second-order valence-corrected chi connectivity index (χ2v) is 4.63. The molecule has 1 saturated heterocycles. The van der Waals surface area contributed by atoms with E-state index in [9.17, 15) is 0 Å². The number of likely N-dealkylation sites (N-methyl/N-ethyl adjacent to an activating group) is 2. The standard InChI is InChI=1S/C11H20N6/c1-16-3-4-17(2)10(7-16)11(15-12)9-5-13-8-14-6-9/h5-6,8,10-11,15H,3-4,7,12H2,1-2H3. The molecule has 1 aromatic rings. The molecule has 0 spiro atoms. The summed E-state index contributed by atoms with van der Waals surface area (Å²) in [5.74, 6) is 5.69. The summed E-state index contributed by atoms with van der Waals surface area (Å²) < 4.78 is 0. The van der Waals surface area contributed by atoms with Gasteiger partial charge in [0.1, 0.15) is 6.33 Å². The molecule has 0 saturated carbocycles. The first-order valence-corrected chi connectivity index (χ1v) is 5.82. The van der Waals surface area contributed by atoms with Crippen LogP contribution in [0.5, 0.6) is 0 Å². The van der Waals surface area contributed by atoms with Crippen LogP contribution < -0.4 is 11.3 Å². The number of piperazine rings is 1. The molecule has 1 aliphatic rings. The molecular formula is C11H20N6. The van der Waals surface area contributed by atoms with Gasteiger partial charge in [0.25, 0.3) is 0 Å². The normalized spacial score (nSPS) is 24.8. The summed E-state index contributed by atoms with van der Waals surface area (Å²) in [6.07, 6.45) is 5.17. The molecule has 0 amide bonds. The smallest absolute Gasteiger partial charge is 0.115 e. The molecule has 1 aliphatic heterocycles. The summed E-state index contributed by atoms with van der Waals surface area (Å²) in [7, 11) is 4.26. The number of aromatic nitrogens is 2. The topological polar surface area (TPSA) is 70.3 Å². The lowest BCUT2D eigenvalue weighted by atomic mass is 9.99. The minimum absolute atomic E-state index is 0.0592. The van der Waals surface area contributed by atoms with Gasteiger partial charge in [0.2, 0.25) is 0 Å². The van der Waals surface area contributed by atoms with Gasteiger partial charge in [0.05, 0.1) is 6.04 Å². The van der Waals surface area contributed by atoms with Crippen molar-refractivity contribution in [3.8, 4) is 0 Å². The molecule has 6 heteroatoms. The lowest BCUT2D eigenvalue weighted by Gasteiger charge is -2.41. The van der Waals surface area contributed by atoms with Gasteiger partial charge in [-0.25, -0.2) is 9.97 Å². The number of hydrogen-bond acceptors (Lipinski definition) is 6. The van der Waals surface area contributed by atoms with Crippen LogP contribution in [0.4, 0.5) is 0 Å². The van der Waals surface area contributed by atoms with Crippen molar-refractivity contribution in [1.29, 1.82) is 0 Å². The zero-order chi connectivity index (χ0) is 12.3. The fourth-order valence-electron chi connectivity index (χ4n) is 2.30.